The third-order valence-corrected chi connectivity index (χ3v) is 1.92. The lowest BCUT2D eigenvalue weighted by Crippen LogP contribution is -1.95. The summed E-state index contributed by atoms with van der Waals surface area (Å²) < 4.78 is 0. The van der Waals surface area contributed by atoms with Gasteiger partial charge in [0, 0.05) is 5.25 Å². The lowest BCUT2D eigenvalue weighted by molar-refractivity contribution is 0.841. The zero-order chi connectivity index (χ0) is 7.56. The highest BCUT2D eigenvalue weighted by Gasteiger charge is 2.10. The first-order valence-corrected chi connectivity index (χ1v) is 3.61. The molecule has 1 aromatic heterocycles. The second-order valence-electron chi connectivity index (χ2n) is 2.02. The molecule has 0 saturated carbocycles. The minimum Gasteiger partial charge on any atom is -0.381 e. The van der Waals surface area contributed by atoms with Crippen molar-refractivity contribution in [2.45, 2.75) is 18.6 Å². The van der Waals surface area contributed by atoms with Crippen molar-refractivity contribution in [3.8, 4) is 0 Å². The van der Waals surface area contributed by atoms with E-state index >= 15 is 0 Å². The molecule has 3 N–H and O–H groups in total. The zero-order valence-electron chi connectivity index (χ0n) is 5.70. The van der Waals surface area contributed by atoms with Gasteiger partial charge in [0.15, 0.2) is 5.82 Å². The highest BCUT2D eigenvalue weighted by Crippen LogP contribution is 2.23. The summed E-state index contributed by atoms with van der Waals surface area (Å²) in [5.74, 6) is 0.446. The van der Waals surface area contributed by atoms with E-state index in [1.807, 2.05) is 6.92 Å². The Morgan fingerprint density at radius 1 is 1.70 bits per heavy atom. The first-order chi connectivity index (χ1) is 4.75. The van der Waals surface area contributed by atoms with Crippen LogP contribution < -0.4 is 5.73 Å². The van der Waals surface area contributed by atoms with Crippen LogP contribution in [-0.4, -0.2) is 15.4 Å². The molecule has 10 heavy (non-hydrogen) atoms. The quantitative estimate of drug-likeness (QED) is 0.557. The molecule has 0 bridgehead atoms. The van der Waals surface area contributed by atoms with E-state index < -0.39 is 0 Å². The number of aromatic amines is 1. The number of thiol groups is 1. The molecule has 1 rings (SSSR count). The molecule has 56 valence electrons. The average molecular weight is 158 g/mol. The van der Waals surface area contributed by atoms with Gasteiger partial charge in [0.25, 0.3) is 0 Å². The van der Waals surface area contributed by atoms with E-state index in [0.29, 0.717) is 5.82 Å². The van der Waals surface area contributed by atoms with E-state index in [9.17, 15) is 0 Å². The number of hydrogen-bond donors (Lipinski definition) is 3. The summed E-state index contributed by atoms with van der Waals surface area (Å²) in [4.78, 5) is 0. The number of aromatic nitrogens is 3. The maximum Gasteiger partial charge on any atom is 0.170 e. The summed E-state index contributed by atoms with van der Waals surface area (Å²) in [6.45, 7) is 2.02. The molecule has 0 spiro atoms. The molecule has 0 aliphatic rings. The topological polar surface area (TPSA) is 67.6 Å². The van der Waals surface area contributed by atoms with E-state index in [0.717, 1.165) is 12.1 Å². The minimum atomic E-state index is 0.0961. The molecule has 1 unspecified atom stereocenters. The Morgan fingerprint density at radius 2 is 2.40 bits per heavy atom. The van der Waals surface area contributed by atoms with E-state index in [1.165, 1.54) is 0 Å². The highest BCUT2D eigenvalue weighted by atomic mass is 32.1. The Bertz CT molecular complexity index is 209. The van der Waals surface area contributed by atoms with Crippen LogP contribution in [0.25, 0.3) is 0 Å². The van der Waals surface area contributed by atoms with Gasteiger partial charge in [-0.15, -0.1) is 5.10 Å². The van der Waals surface area contributed by atoms with Gasteiger partial charge in [-0.05, 0) is 6.42 Å². The van der Waals surface area contributed by atoms with Crippen LogP contribution in [0.4, 0.5) is 5.82 Å². The molecule has 1 aromatic rings. The Balaban J connectivity index is 2.82. The van der Waals surface area contributed by atoms with Gasteiger partial charge in [0.1, 0.15) is 5.69 Å². The standard InChI is InChI=1S/C5H10N4S/c1-2-3(10)4-5(6)8-9-7-4/h3,10H,2H2,1H3,(H3,6,7,8,9). The van der Waals surface area contributed by atoms with Gasteiger partial charge in [-0.3, -0.25) is 0 Å². The summed E-state index contributed by atoms with van der Waals surface area (Å²) in [6, 6.07) is 0. The van der Waals surface area contributed by atoms with Crippen LogP contribution in [0.5, 0.6) is 0 Å². The van der Waals surface area contributed by atoms with Crippen molar-refractivity contribution in [3.05, 3.63) is 5.69 Å². The van der Waals surface area contributed by atoms with Crippen molar-refractivity contribution in [1.29, 1.82) is 0 Å². The molecule has 4 nitrogen and oxygen atoms in total. The van der Waals surface area contributed by atoms with Crippen molar-refractivity contribution >= 4 is 18.4 Å². The SMILES string of the molecule is CCC(S)c1n[nH]nc1N. The van der Waals surface area contributed by atoms with Gasteiger partial charge in [0.2, 0.25) is 0 Å². The average Bonchev–Trinajstić information content (AvgIpc) is 2.34. The zero-order valence-corrected chi connectivity index (χ0v) is 6.60. The molecular weight excluding hydrogens is 148 g/mol. The number of nitrogens with two attached hydrogens (primary N) is 1. The van der Waals surface area contributed by atoms with Crippen LogP contribution >= 0.6 is 12.6 Å². The third-order valence-electron chi connectivity index (χ3n) is 1.31. The van der Waals surface area contributed by atoms with Crippen LogP contribution in [-0.2, 0) is 0 Å². The van der Waals surface area contributed by atoms with E-state index in [1.54, 1.807) is 0 Å². The van der Waals surface area contributed by atoms with Crippen LogP contribution in [0.1, 0.15) is 24.3 Å². The number of nitrogens with one attached hydrogen (secondary N) is 1. The first kappa shape index (κ1) is 7.40. The normalized spacial score (nSPS) is 13.4. The van der Waals surface area contributed by atoms with Crippen molar-refractivity contribution in [1.82, 2.24) is 15.4 Å². The Morgan fingerprint density at radius 3 is 2.80 bits per heavy atom. The number of nitrogens with zero attached hydrogens (tertiary/aromatic N) is 2. The molecule has 1 atom stereocenters. The predicted octanol–water partition coefficient (Wildman–Crippen LogP) is 0.768. The lowest BCUT2D eigenvalue weighted by Gasteiger charge is -2.01. The smallest absolute Gasteiger partial charge is 0.170 e. The lowest BCUT2D eigenvalue weighted by atomic mass is 10.2. The molecule has 0 radical (unpaired) electrons. The molecule has 5 heteroatoms. The van der Waals surface area contributed by atoms with Gasteiger partial charge >= 0.3 is 0 Å². The van der Waals surface area contributed by atoms with Gasteiger partial charge in [-0.1, -0.05) is 6.92 Å². The van der Waals surface area contributed by atoms with Crippen LogP contribution in [0.15, 0.2) is 0 Å². The molecule has 0 aliphatic carbocycles. The second kappa shape index (κ2) is 2.92. The van der Waals surface area contributed by atoms with Crippen LogP contribution in [0.2, 0.25) is 0 Å². The fraction of sp³-hybridized carbons (Fsp3) is 0.600. The van der Waals surface area contributed by atoms with Crippen molar-refractivity contribution in [3.63, 3.8) is 0 Å². The van der Waals surface area contributed by atoms with E-state index in [4.69, 9.17) is 5.73 Å². The number of hydrogen-bond acceptors (Lipinski definition) is 4. The Hall–Kier alpha value is -0.710. The molecule has 0 saturated heterocycles. The third kappa shape index (κ3) is 1.23. The van der Waals surface area contributed by atoms with Crippen molar-refractivity contribution in [2.24, 2.45) is 0 Å². The molecule has 0 amide bonds. The monoisotopic (exact) mass is 158 g/mol. The fourth-order valence-electron chi connectivity index (χ4n) is 0.686. The van der Waals surface area contributed by atoms with Gasteiger partial charge in [-0.25, -0.2) is 0 Å². The largest absolute Gasteiger partial charge is 0.381 e. The first-order valence-electron chi connectivity index (χ1n) is 3.10. The van der Waals surface area contributed by atoms with E-state index in [2.05, 4.69) is 28.0 Å². The molecular formula is C5H10N4S. The number of H-pyrrole nitrogens is 1. The second-order valence-corrected chi connectivity index (χ2v) is 2.64. The summed E-state index contributed by atoms with van der Waals surface area (Å²) in [5, 5.41) is 10.1. The summed E-state index contributed by atoms with van der Waals surface area (Å²) in [6.07, 6.45) is 0.903. The Labute approximate surface area is 64.6 Å². The minimum absolute atomic E-state index is 0.0961. The molecule has 0 aromatic carbocycles. The maximum absolute atomic E-state index is 5.46. The summed E-state index contributed by atoms with van der Waals surface area (Å²) in [5.41, 5.74) is 6.20. The molecule has 1 heterocycles. The summed E-state index contributed by atoms with van der Waals surface area (Å²) in [7, 11) is 0. The number of nitrogen functional groups attached to an aromatic ring is 1. The molecule has 0 aliphatic heterocycles. The predicted molar refractivity (Wildman–Crippen MR) is 42.8 cm³/mol. The Kier molecular flexibility index (Phi) is 2.16. The van der Waals surface area contributed by atoms with Gasteiger partial charge in [0.05, 0.1) is 0 Å². The summed E-state index contributed by atoms with van der Waals surface area (Å²) >= 11 is 4.25. The molecule has 0 fully saturated rings. The van der Waals surface area contributed by atoms with Crippen molar-refractivity contribution < 1.29 is 0 Å². The highest BCUT2D eigenvalue weighted by molar-refractivity contribution is 7.80. The number of rotatable bonds is 2. The maximum atomic E-state index is 5.46. The van der Waals surface area contributed by atoms with Crippen molar-refractivity contribution in [2.75, 3.05) is 5.73 Å². The van der Waals surface area contributed by atoms with Crippen LogP contribution in [0.3, 0.4) is 0 Å². The van der Waals surface area contributed by atoms with Gasteiger partial charge in [-0.2, -0.15) is 22.9 Å². The number of anilines is 1. The van der Waals surface area contributed by atoms with Crippen LogP contribution in [0, 0.1) is 0 Å². The fourth-order valence-corrected chi connectivity index (χ4v) is 0.876. The van der Waals surface area contributed by atoms with E-state index in [-0.39, 0.29) is 5.25 Å². The van der Waals surface area contributed by atoms with Gasteiger partial charge < -0.3 is 5.73 Å².